The summed E-state index contributed by atoms with van der Waals surface area (Å²) in [6, 6.07) is 12.1. The Morgan fingerprint density at radius 2 is 2.18 bits per heavy atom. The van der Waals surface area contributed by atoms with E-state index in [4.69, 9.17) is 4.74 Å². The fourth-order valence-electron chi connectivity index (χ4n) is 3.39. The number of hydrogen-bond donors (Lipinski definition) is 1. The number of aryl methyl sites for hydroxylation is 1. The molecular weight excluding hydrogens is 352 g/mol. The predicted molar refractivity (Wildman–Crippen MR) is 107 cm³/mol. The van der Waals surface area contributed by atoms with Crippen LogP contribution in [0.3, 0.4) is 0 Å². The van der Waals surface area contributed by atoms with E-state index in [0.29, 0.717) is 12.2 Å². The molecule has 1 aliphatic rings. The summed E-state index contributed by atoms with van der Waals surface area (Å²) in [4.78, 5) is 16.8. The summed E-state index contributed by atoms with van der Waals surface area (Å²) in [5.41, 5.74) is 4.83. The molecule has 3 aromatic rings. The molecule has 1 aliphatic heterocycles. The zero-order valence-electron chi connectivity index (χ0n) is 16.0. The predicted octanol–water partition coefficient (Wildman–Crippen LogP) is 3.08. The zero-order valence-corrected chi connectivity index (χ0v) is 16.0. The summed E-state index contributed by atoms with van der Waals surface area (Å²) in [6.45, 7) is 3.35. The number of benzene rings is 1. The van der Waals surface area contributed by atoms with Crippen molar-refractivity contribution in [2.24, 2.45) is 0 Å². The van der Waals surface area contributed by atoms with E-state index in [2.05, 4.69) is 27.5 Å². The molecule has 144 valence electrons. The molecule has 28 heavy (non-hydrogen) atoms. The lowest BCUT2D eigenvalue weighted by Crippen LogP contribution is -2.32. The molecule has 2 aromatic heterocycles. The summed E-state index contributed by atoms with van der Waals surface area (Å²) in [5, 5.41) is 7.18. The molecule has 1 amide bonds. The summed E-state index contributed by atoms with van der Waals surface area (Å²) in [6.07, 6.45) is 8.40. The molecule has 1 aromatic carbocycles. The first kappa shape index (κ1) is 18.4. The number of amides is 1. The maximum Gasteiger partial charge on any atom is 0.269 e. The van der Waals surface area contributed by atoms with Crippen LogP contribution in [-0.4, -0.2) is 39.9 Å². The Morgan fingerprint density at radius 1 is 1.32 bits per heavy atom. The van der Waals surface area contributed by atoms with Gasteiger partial charge in [0.05, 0.1) is 11.8 Å². The number of aromatic nitrogens is 3. The summed E-state index contributed by atoms with van der Waals surface area (Å²) >= 11 is 0. The van der Waals surface area contributed by atoms with Crippen molar-refractivity contribution in [3.8, 4) is 5.69 Å². The molecule has 0 aliphatic carbocycles. The lowest BCUT2D eigenvalue weighted by atomic mass is 10.0. The molecule has 0 bridgehead atoms. The Labute approximate surface area is 164 Å². The van der Waals surface area contributed by atoms with Crippen LogP contribution in [0.2, 0.25) is 0 Å². The number of pyridine rings is 1. The first-order chi connectivity index (χ1) is 13.7. The lowest BCUT2D eigenvalue weighted by molar-refractivity contribution is 0.0853. The third-order valence-corrected chi connectivity index (χ3v) is 5.06. The van der Waals surface area contributed by atoms with E-state index in [1.807, 2.05) is 42.1 Å². The lowest BCUT2D eigenvalue weighted by Gasteiger charge is -2.12. The molecule has 0 saturated carbocycles. The van der Waals surface area contributed by atoms with Crippen molar-refractivity contribution in [1.82, 2.24) is 20.1 Å². The van der Waals surface area contributed by atoms with E-state index in [1.54, 1.807) is 12.4 Å². The molecule has 1 N–H and O–H groups in total. The molecule has 0 radical (unpaired) electrons. The number of nitrogens with zero attached hydrogens (tertiary/aromatic N) is 3. The van der Waals surface area contributed by atoms with Gasteiger partial charge in [-0.3, -0.25) is 9.78 Å². The van der Waals surface area contributed by atoms with E-state index < -0.39 is 0 Å². The highest BCUT2D eigenvalue weighted by atomic mass is 16.5. The van der Waals surface area contributed by atoms with Crippen molar-refractivity contribution in [2.45, 2.75) is 32.3 Å². The number of carbonyl (C=O) groups excluding carboxylic acids is 1. The molecular formula is C22H24N4O2. The largest absolute Gasteiger partial charge is 0.376 e. The van der Waals surface area contributed by atoms with Gasteiger partial charge in [0.25, 0.3) is 5.91 Å². The van der Waals surface area contributed by atoms with Gasteiger partial charge in [0.15, 0.2) is 0 Å². The minimum Gasteiger partial charge on any atom is -0.376 e. The van der Waals surface area contributed by atoms with Gasteiger partial charge in [-0.25, -0.2) is 4.68 Å². The highest BCUT2D eigenvalue weighted by Gasteiger charge is 2.17. The second kappa shape index (κ2) is 8.35. The molecule has 1 fully saturated rings. The first-order valence-corrected chi connectivity index (χ1v) is 9.63. The molecule has 4 rings (SSSR count). The molecule has 1 atom stereocenters. The van der Waals surface area contributed by atoms with Gasteiger partial charge in [-0.2, -0.15) is 5.10 Å². The normalized spacial score (nSPS) is 16.2. The summed E-state index contributed by atoms with van der Waals surface area (Å²) in [7, 11) is 0. The van der Waals surface area contributed by atoms with E-state index in [-0.39, 0.29) is 12.0 Å². The van der Waals surface area contributed by atoms with Gasteiger partial charge in [-0.15, -0.1) is 0 Å². The second-order valence-corrected chi connectivity index (χ2v) is 7.13. The number of rotatable bonds is 6. The molecule has 3 heterocycles. The van der Waals surface area contributed by atoms with Crippen molar-refractivity contribution < 1.29 is 9.53 Å². The highest BCUT2D eigenvalue weighted by Crippen LogP contribution is 2.17. The highest BCUT2D eigenvalue weighted by molar-refractivity contribution is 5.92. The van der Waals surface area contributed by atoms with E-state index in [0.717, 1.165) is 42.7 Å². The third kappa shape index (κ3) is 4.28. The Bertz CT molecular complexity index is 930. The fourth-order valence-corrected chi connectivity index (χ4v) is 3.39. The van der Waals surface area contributed by atoms with Crippen LogP contribution >= 0.6 is 0 Å². The average molecular weight is 376 g/mol. The molecule has 0 spiro atoms. The standard InChI is InChI=1S/C22H24N4O2/c1-16-14-23-21(22(27)24-15-20-4-2-11-28-20)13-18(16)12-17-5-7-19(8-6-17)26-10-3-9-25-26/h3,5-10,13-14,20H,2,4,11-12,15H2,1H3,(H,24,27)/t20-/m1/s1. The van der Waals surface area contributed by atoms with Crippen LogP contribution < -0.4 is 5.32 Å². The number of nitrogens with one attached hydrogen (secondary N) is 1. The number of ether oxygens (including phenoxy) is 1. The monoisotopic (exact) mass is 376 g/mol. The van der Waals surface area contributed by atoms with Gasteiger partial charge in [0.2, 0.25) is 0 Å². The molecule has 6 heteroatoms. The smallest absolute Gasteiger partial charge is 0.269 e. The van der Waals surface area contributed by atoms with Crippen molar-refractivity contribution in [3.05, 3.63) is 77.4 Å². The van der Waals surface area contributed by atoms with E-state index >= 15 is 0 Å². The van der Waals surface area contributed by atoms with Gasteiger partial charge < -0.3 is 10.1 Å². The van der Waals surface area contributed by atoms with Crippen molar-refractivity contribution >= 4 is 5.91 Å². The van der Waals surface area contributed by atoms with Gasteiger partial charge in [0, 0.05) is 31.7 Å². The van der Waals surface area contributed by atoms with Crippen LogP contribution in [0.4, 0.5) is 0 Å². The van der Waals surface area contributed by atoms with Crippen molar-refractivity contribution in [1.29, 1.82) is 0 Å². The van der Waals surface area contributed by atoms with Gasteiger partial charge in [-0.1, -0.05) is 12.1 Å². The Morgan fingerprint density at radius 3 is 2.89 bits per heavy atom. The average Bonchev–Trinajstić information content (AvgIpc) is 3.42. The van der Waals surface area contributed by atoms with Crippen LogP contribution in [0, 0.1) is 6.92 Å². The zero-order chi connectivity index (χ0) is 19.3. The van der Waals surface area contributed by atoms with Gasteiger partial charge in [-0.05, 0) is 67.1 Å². The van der Waals surface area contributed by atoms with Gasteiger partial charge in [0.1, 0.15) is 5.69 Å². The molecule has 6 nitrogen and oxygen atoms in total. The second-order valence-electron chi connectivity index (χ2n) is 7.13. The minimum atomic E-state index is -0.147. The minimum absolute atomic E-state index is 0.127. The topological polar surface area (TPSA) is 69.0 Å². The van der Waals surface area contributed by atoms with Crippen LogP contribution in [0.1, 0.15) is 40.0 Å². The van der Waals surface area contributed by atoms with Crippen LogP contribution in [0.25, 0.3) is 5.69 Å². The summed E-state index contributed by atoms with van der Waals surface area (Å²) < 4.78 is 7.39. The quantitative estimate of drug-likeness (QED) is 0.718. The maximum absolute atomic E-state index is 12.5. The first-order valence-electron chi connectivity index (χ1n) is 9.63. The SMILES string of the molecule is Cc1cnc(C(=O)NC[C@H]2CCCO2)cc1Cc1ccc(-n2cccn2)cc1. The fraction of sp³-hybridized carbons (Fsp3) is 0.318. The Balaban J connectivity index is 1.44. The number of carbonyl (C=O) groups is 1. The van der Waals surface area contributed by atoms with Crippen LogP contribution in [0.15, 0.2) is 55.0 Å². The van der Waals surface area contributed by atoms with Crippen LogP contribution in [-0.2, 0) is 11.2 Å². The molecule has 0 unspecified atom stereocenters. The third-order valence-electron chi connectivity index (χ3n) is 5.06. The number of hydrogen-bond acceptors (Lipinski definition) is 4. The van der Waals surface area contributed by atoms with Crippen molar-refractivity contribution in [2.75, 3.05) is 13.2 Å². The van der Waals surface area contributed by atoms with Crippen LogP contribution in [0.5, 0.6) is 0 Å². The Hall–Kier alpha value is -2.99. The Kier molecular flexibility index (Phi) is 5.48. The van der Waals surface area contributed by atoms with E-state index in [1.165, 1.54) is 5.56 Å². The van der Waals surface area contributed by atoms with Crippen molar-refractivity contribution in [3.63, 3.8) is 0 Å². The molecule has 1 saturated heterocycles. The van der Waals surface area contributed by atoms with E-state index in [9.17, 15) is 4.79 Å². The van der Waals surface area contributed by atoms with Gasteiger partial charge >= 0.3 is 0 Å². The maximum atomic E-state index is 12.5. The summed E-state index contributed by atoms with van der Waals surface area (Å²) in [5.74, 6) is -0.147.